The van der Waals surface area contributed by atoms with Crippen molar-refractivity contribution in [1.82, 2.24) is 9.80 Å². The van der Waals surface area contributed by atoms with Gasteiger partial charge in [0.1, 0.15) is 0 Å². The molecule has 38 heavy (non-hydrogen) atoms. The van der Waals surface area contributed by atoms with Crippen LogP contribution in [-0.2, 0) is 13.0 Å². The first-order chi connectivity index (χ1) is 18.5. The van der Waals surface area contributed by atoms with E-state index in [0.29, 0.717) is 31.5 Å². The molecule has 3 aromatic rings. The van der Waals surface area contributed by atoms with Crippen molar-refractivity contribution < 1.29 is 9.59 Å². The maximum Gasteiger partial charge on any atom is 0.254 e. The molecule has 6 rings (SSSR count). The Kier molecular flexibility index (Phi) is 6.49. The predicted octanol–water partition coefficient (Wildman–Crippen LogP) is 6.58. The van der Waals surface area contributed by atoms with Gasteiger partial charge in [0.25, 0.3) is 11.8 Å². The third kappa shape index (κ3) is 4.49. The molecule has 0 aromatic heterocycles. The van der Waals surface area contributed by atoms with Gasteiger partial charge in [-0.1, -0.05) is 80.3 Å². The van der Waals surface area contributed by atoms with E-state index in [4.69, 9.17) is 0 Å². The van der Waals surface area contributed by atoms with E-state index in [2.05, 4.69) is 62.1 Å². The van der Waals surface area contributed by atoms with Gasteiger partial charge >= 0.3 is 0 Å². The molecule has 1 fully saturated rings. The molecule has 0 spiro atoms. The average Bonchev–Trinajstić information content (AvgIpc) is 3.30. The van der Waals surface area contributed by atoms with Gasteiger partial charge in [-0.25, -0.2) is 0 Å². The number of amides is 2. The number of carbonyl (C=O) groups is 2. The number of fused-ring (bicyclic) bond motifs is 2. The minimum Gasteiger partial charge on any atom is -0.338 e. The molecular weight excluding hydrogens is 468 g/mol. The SMILES string of the molecule is C=Cc1ccc(CC2C=Cc3cc(C(=O)N4CCC(N5Cc6ccccc6C5=O)CC4)ccc3C2C)cc1. The fourth-order valence-electron chi connectivity index (χ4n) is 6.33. The number of carbonyl (C=O) groups excluding carboxylic acids is 2. The van der Waals surface area contributed by atoms with E-state index in [1.54, 1.807) is 0 Å². The molecule has 3 aromatic carbocycles. The summed E-state index contributed by atoms with van der Waals surface area (Å²) in [4.78, 5) is 30.3. The summed E-state index contributed by atoms with van der Waals surface area (Å²) < 4.78 is 0. The lowest BCUT2D eigenvalue weighted by Crippen LogP contribution is -2.46. The first-order valence-corrected chi connectivity index (χ1v) is 13.7. The van der Waals surface area contributed by atoms with Crippen molar-refractivity contribution >= 4 is 24.0 Å². The zero-order chi connectivity index (χ0) is 26.2. The lowest BCUT2D eigenvalue weighted by molar-refractivity contribution is 0.0535. The first-order valence-electron chi connectivity index (χ1n) is 13.7. The first kappa shape index (κ1) is 24.4. The molecule has 0 saturated carbocycles. The molecule has 2 amide bonds. The fraction of sp³-hybridized carbons (Fsp3) is 0.294. The molecule has 192 valence electrons. The van der Waals surface area contributed by atoms with Crippen LogP contribution < -0.4 is 0 Å². The lowest BCUT2D eigenvalue weighted by Gasteiger charge is -2.37. The van der Waals surface area contributed by atoms with Gasteiger partial charge < -0.3 is 9.80 Å². The van der Waals surface area contributed by atoms with Crippen LogP contribution in [0.25, 0.3) is 12.2 Å². The van der Waals surface area contributed by atoms with Crippen LogP contribution in [0.5, 0.6) is 0 Å². The van der Waals surface area contributed by atoms with Gasteiger partial charge in [0.2, 0.25) is 0 Å². The Balaban J connectivity index is 1.09. The molecule has 2 atom stereocenters. The molecule has 2 heterocycles. The van der Waals surface area contributed by atoms with Gasteiger partial charge in [0, 0.05) is 36.8 Å². The third-order valence-corrected chi connectivity index (χ3v) is 8.72. The summed E-state index contributed by atoms with van der Waals surface area (Å²) in [5.41, 5.74) is 7.62. The van der Waals surface area contributed by atoms with Crippen molar-refractivity contribution in [3.8, 4) is 0 Å². The highest BCUT2D eigenvalue weighted by Crippen LogP contribution is 2.36. The molecule has 4 heteroatoms. The van der Waals surface area contributed by atoms with Crippen LogP contribution in [-0.4, -0.2) is 40.7 Å². The van der Waals surface area contributed by atoms with E-state index < -0.39 is 0 Å². The second-order valence-electron chi connectivity index (χ2n) is 10.9. The average molecular weight is 503 g/mol. The largest absolute Gasteiger partial charge is 0.338 e. The number of piperidine rings is 1. The van der Waals surface area contributed by atoms with Crippen LogP contribution in [0.1, 0.15) is 74.2 Å². The van der Waals surface area contributed by atoms with Gasteiger partial charge in [-0.05, 0) is 77.1 Å². The summed E-state index contributed by atoms with van der Waals surface area (Å²) in [6.07, 6.45) is 9.01. The van der Waals surface area contributed by atoms with E-state index in [1.165, 1.54) is 11.1 Å². The maximum absolute atomic E-state index is 13.4. The minimum atomic E-state index is 0.0905. The Hall–Kier alpha value is -3.92. The molecule has 0 bridgehead atoms. The molecule has 3 aliphatic rings. The van der Waals surface area contributed by atoms with E-state index in [9.17, 15) is 9.59 Å². The van der Waals surface area contributed by atoms with Crippen molar-refractivity contribution in [3.63, 3.8) is 0 Å². The van der Waals surface area contributed by atoms with Gasteiger partial charge in [0.15, 0.2) is 0 Å². The van der Waals surface area contributed by atoms with Crippen molar-refractivity contribution in [2.45, 2.75) is 44.7 Å². The topological polar surface area (TPSA) is 40.6 Å². The van der Waals surface area contributed by atoms with Crippen LogP contribution in [0.2, 0.25) is 0 Å². The highest BCUT2D eigenvalue weighted by molar-refractivity contribution is 5.98. The summed E-state index contributed by atoms with van der Waals surface area (Å²) in [6.45, 7) is 8.17. The summed E-state index contributed by atoms with van der Waals surface area (Å²) in [5, 5.41) is 0. The Labute approximate surface area is 225 Å². The van der Waals surface area contributed by atoms with Crippen molar-refractivity contribution in [1.29, 1.82) is 0 Å². The summed E-state index contributed by atoms with van der Waals surface area (Å²) in [5.74, 6) is 1.04. The van der Waals surface area contributed by atoms with Crippen LogP contribution in [0.3, 0.4) is 0 Å². The van der Waals surface area contributed by atoms with Crippen LogP contribution in [0.4, 0.5) is 0 Å². The summed E-state index contributed by atoms with van der Waals surface area (Å²) in [7, 11) is 0. The van der Waals surface area contributed by atoms with Gasteiger partial charge in [-0.15, -0.1) is 0 Å². The normalized spacial score (nSPS) is 20.8. The quantitative estimate of drug-likeness (QED) is 0.395. The number of hydrogen-bond acceptors (Lipinski definition) is 2. The van der Waals surface area contributed by atoms with Gasteiger partial charge in [-0.3, -0.25) is 9.59 Å². The van der Waals surface area contributed by atoms with E-state index in [0.717, 1.165) is 47.1 Å². The van der Waals surface area contributed by atoms with Gasteiger partial charge in [-0.2, -0.15) is 0 Å². The molecular formula is C34H34N2O2. The Bertz CT molecular complexity index is 1410. The Morgan fingerprint density at radius 1 is 1.03 bits per heavy atom. The minimum absolute atomic E-state index is 0.0905. The third-order valence-electron chi connectivity index (χ3n) is 8.72. The Morgan fingerprint density at radius 2 is 1.79 bits per heavy atom. The molecule has 2 aliphatic heterocycles. The number of nitrogens with zero attached hydrogens (tertiary/aromatic N) is 2. The van der Waals surface area contributed by atoms with E-state index in [1.807, 2.05) is 46.2 Å². The summed E-state index contributed by atoms with van der Waals surface area (Å²) >= 11 is 0. The number of likely N-dealkylation sites (tertiary alicyclic amines) is 1. The highest BCUT2D eigenvalue weighted by Gasteiger charge is 2.35. The van der Waals surface area contributed by atoms with E-state index >= 15 is 0 Å². The number of benzene rings is 3. The predicted molar refractivity (Wildman–Crippen MR) is 153 cm³/mol. The second kappa shape index (κ2) is 10.1. The van der Waals surface area contributed by atoms with E-state index in [-0.39, 0.29) is 17.9 Å². The summed E-state index contributed by atoms with van der Waals surface area (Å²) in [6, 6.07) is 22.9. The van der Waals surface area contributed by atoms with Crippen molar-refractivity contribution in [3.05, 3.63) is 118 Å². The van der Waals surface area contributed by atoms with Crippen molar-refractivity contribution in [2.24, 2.45) is 5.92 Å². The lowest BCUT2D eigenvalue weighted by atomic mass is 9.77. The highest BCUT2D eigenvalue weighted by atomic mass is 16.2. The number of hydrogen-bond donors (Lipinski definition) is 0. The Morgan fingerprint density at radius 3 is 2.53 bits per heavy atom. The molecule has 0 N–H and O–H groups in total. The molecule has 4 nitrogen and oxygen atoms in total. The zero-order valence-corrected chi connectivity index (χ0v) is 22.0. The molecule has 2 unspecified atom stereocenters. The smallest absolute Gasteiger partial charge is 0.254 e. The van der Waals surface area contributed by atoms with Crippen LogP contribution in [0.15, 0.2) is 79.4 Å². The van der Waals surface area contributed by atoms with Crippen LogP contribution in [0, 0.1) is 5.92 Å². The molecule has 1 saturated heterocycles. The van der Waals surface area contributed by atoms with Crippen molar-refractivity contribution in [2.75, 3.05) is 13.1 Å². The maximum atomic E-state index is 13.4. The molecule has 0 radical (unpaired) electrons. The molecule has 1 aliphatic carbocycles. The monoisotopic (exact) mass is 502 g/mol. The zero-order valence-electron chi connectivity index (χ0n) is 22.0. The number of allylic oxidation sites excluding steroid dienone is 1. The van der Waals surface area contributed by atoms with Gasteiger partial charge in [0.05, 0.1) is 0 Å². The second-order valence-corrected chi connectivity index (χ2v) is 10.9. The van der Waals surface area contributed by atoms with Crippen LogP contribution >= 0.6 is 0 Å². The number of rotatable bonds is 5. The fourth-order valence-corrected chi connectivity index (χ4v) is 6.33. The standard InChI is InChI=1S/C34H34N2O2/c1-3-24-8-10-25(11-9-24)20-26-12-13-27-21-28(14-15-31(27)23(26)2)33(37)35-18-16-30(17-19-35)36-22-29-6-4-5-7-32(29)34(36)38/h3-15,21,23,26,30H,1,16-20,22H2,2H3.